The summed E-state index contributed by atoms with van der Waals surface area (Å²) in [6.07, 6.45) is 4.30. The fourth-order valence-corrected chi connectivity index (χ4v) is 1.34. The van der Waals surface area contributed by atoms with Gasteiger partial charge in [0.2, 0.25) is 0 Å². The van der Waals surface area contributed by atoms with Gasteiger partial charge in [0.15, 0.2) is 0 Å². The van der Waals surface area contributed by atoms with E-state index in [1.165, 1.54) is 19.0 Å². The van der Waals surface area contributed by atoms with Gasteiger partial charge in [0.25, 0.3) is 0 Å². The van der Waals surface area contributed by atoms with Gasteiger partial charge in [0.1, 0.15) is 0 Å². The molecule has 0 aromatic rings. The van der Waals surface area contributed by atoms with Gasteiger partial charge in [-0.25, -0.2) is 4.79 Å². The van der Waals surface area contributed by atoms with Crippen LogP contribution in [0.25, 0.3) is 0 Å². The fraction of sp³-hybridized carbons (Fsp3) is 0.833. The Labute approximate surface area is 98.0 Å². The lowest BCUT2D eigenvalue weighted by Gasteiger charge is -2.15. The molecule has 0 radical (unpaired) electrons. The Balaban J connectivity index is 3.92. The molecule has 0 aromatic heterocycles. The first-order valence-electron chi connectivity index (χ1n) is 5.91. The van der Waals surface area contributed by atoms with Crippen LogP contribution < -0.4 is 0 Å². The first-order valence-corrected chi connectivity index (χ1v) is 5.91. The number of rotatable bonds is 6. The molecule has 0 saturated heterocycles. The van der Waals surface area contributed by atoms with E-state index in [9.17, 15) is 9.59 Å². The zero-order valence-electron chi connectivity index (χ0n) is 10.8. The predicted octanol–water partition coefficient (Wildman–Crippen LogP) is 1.83. The number of likely N-dealkylation sites (N-methyl/N-ethyl adjacent to an activating group) is 1. The zero-order valence-corrected chi connectivity index (χ0v) is 10.8. The van der Waals surface area contributed by atoms with Crippen molar-refractivity contribution in [3.05, 3.63) is 0 Å². The van der Waals surface area contributed by atoms with Crippen LogP contribution in [-0.4, -0.2) is 37.5 Å². The molecule has 0 aliphatic heterocycles. The number of carbonyl (C=O) groups is 2. The standard InChI is InChI=1S/C12H23NO3/c1-5-7-8-10(6-2)9-16-12(15)11(14)13(3)4/h10H,5-9H2,1-4H3/t10-/m1/s1. The molecule has 0 aromatic carbocycles. The lowest BCUT2D eigenvalue weighted by Crippen LogP contribution is -2.32. The fourth-order valence-electron chi connectivity index (χ4n) is 1.34. The van der Waals surface area contributed by atoms with Crippen LogP contribution in [0.5, 0.6) is 0 Å². The number of carbonyl (C=O) groups excluding carboxylic acids is 2. The van der Waals surface area contributed by atoms with Gasteiger partial charge < -0.3 is 9.64 Å². The summed E-state index contributed by atoms with van der Waals surface area (Å²) in [6, 6.07) is 0. The third-order valence-electron chi connectivity index (χ3n) is 2.57. The van der Waals surface area contributed by atoms with Crippen LogP contribution in [0.2, 0.25) is 0 Å². The molecule has 4 heteroatoms. The van der Waals surface area contributed by atoms with Crippen molar-refractivity contribution in [3.8, 4) is 0 Å². The molecule has 0 N–H and O–H groups in total. The lowest BCUT2D eigenvalue weighted by atomic mass is 10.0. The maximum Gasteiger partial charge on any atom is 0.397 e. The average Bonchev–Trinajstić information content (AvgIpc) is 2.27. The van der Waals surface area contributed by atoms with E-state index in [2.05, 4.69) is 13.8 Å². The van der Waals surface area contributed by atoms with Gasteiger partial charge >= 0.3 is 11.9 Å². The third-order valence-corrected chi connectivity index (χ3v) is 2.57. The van der Waals surface area contributed by atoms with Gasteiger partial charge in [-0.15, -0.1) is 0 Å². The Morgan fingerprint density at radius 2 is 1.88 bits per heavy atom. The maximum atomic E-state index is 11.3. The minimum Gasteiger partial charge on any atom is -0.458 e. The van der Waals surface area contributed by atoms with Crippen molar-refractivity contribution in [2.45, 2.75) is 39.5 Å². The quantitative estimate of drug-likeness (QED) is 0.515. The summed E-state index contributed by atoms with van der Waals surface area (Å²) in [4.78, 5) is 23.7. The number of unbranched alkanes of at least 4 members (excludes halogenated alkanes) is 1. The highest BCUT2D eigenvalue weighted by Crippen LogP contribution is 2.12. The van der Waals surface area contributed by atoms with E-state index in [4.69, 9.17) is 4.74 Å². The number of ether oxygens (including phenoxy) is 1. The van der Waals surface area contributed by atoms with Crippen molar-refractivity contribution in [2.24, 2.45) is 5.92 Å². The summed E-state index contributed by atoms with van der Waals surface area (Å²) in [5.41, 5.74) is 0. The number of amides is 1. The number of esters is 1. The summed E-state index contributed by atoms with van der Waals surface area (Å²) in [7, 11) is 3.08. The Morgan fingerprint density at radius 1 is 1.25 bits per heavy atom. The summed E-state index contributed by atoms with van der Waals surface area (Å²) >= 11 is 0. The Morgan fingerprint density at radius 3 is 2.31 bits per heavy atom. The molecule has 0 heterocycles. The monoisotopic (exact) mass is 229 g/mol. The van der Waals surface area contributed by atoms with Crippen LogP contribution in [-0.2, 0) is 14.3 Å². The summed E-state index contributed by atoms with van der Waals surface area (Å²) in [5, 5.41) is 0. The van der Waals surface area contributed by atoms with Crippen molar-refractivity contribution < 1.29 is 14.3 Å². The molecule has 0 fully saturated rings. The Kier molecular flexibility index (Phi) is 7.60. The van der Waals surface area contributed by atoms with Gasteiger partial charge in [-0.3, -0.25) is 4.79 Å². The van der Waals surface area contributed by atoms with Gasteiger partial charge in [-0.1, -0.05) is 33.1 Å². The van der Waals surface area contributed by atoms with Crippen molar-refractivity contribution in [3.63, 3.8) is 0 Å². The van der Waals surface area contributed by atoms with Crippen LogP contribution in [0.3, 0.4) is 0 Å². The van der Waals surface area contributed by atoms with Crippen molar-refractivity contribution in [2.75, 3.05) is 20.7 Å². The SMILES string of the molecule is CCCC[C@@H](CC)COC(=O)C(=O)N(C)C. The summed E-state index contributed by atoms with van der Waals surface area (Å²) in [6.45, 7) is 4.56. The van der Waals surface area contributed by atoms with Gasteiger partial charge in [0, 0.05) is 14.1 Å². The van der Waals surface area contributed by atoms with E-state index in [1.807, 2.05) is 0 Å². The van der Waals surface area contributed by atoms with E-state index in [-0.39, 0.29) is 0 Å². The Bertz CT molecular complexity index is 226. The molecule has 16 heavy (non-hydrogen) atoms. The van der Waals surface area contributed by atoms with Crippen LogP contribution in [0.15, 0.2) is 0 Å². The summed E-state index contributed by atoms with van der Waals surface area (Å²) in [5.74, 6) is -0.968. The molecular formula is C12H23NO3. The number of hydrogen-bond acceptors (Lipinski definition) is 3. The van der Waals surface area contributed by atoms with Crippen molar-refractivity contribution >= 4 is 11.9 Å². The second kappa shape index (κ2) is 8.13. The lowest BCUT2D eigenvalue weighted by molar-refractivity contribution is -0.159. The molecule has 0 aliphatic carbocycles. The number of nitrogens with zero attached hydrogens (tertiary/aromatic N) is 1. The molecule has 0 spiro atoms. The molecule has 1 amide bonds. The number of hydrogen-bond donors (Lipinski definition) is 0. The van der Waals surface area contributed by atoms with E-state index in [0.717, 1.165) is 25.7 Å². The third kappa shape index (κ3) is 5.73. The molecule has 0 aliphatic rings. The normalized spacial score (nSPS) is 12.0. The minimum absolute atomic E-state index is 0.356. The van der Waals surface area contributed by atoms with Crippen LogP contribution >= 0.6 is 0 Å². The molecule has 0 saturated carbocycles. The molecule has 4 nitrogen and oxygen atoms in total. The molecular weight excluding hydrogens is 206 g/mol. The van der Waals surface area contributed by atoms with Gasteiger partial charge in [0.05, 0.1) is 6.61 Å². The molecule has 1 atom stereocenters. The molecule has 94 valence electrons. The molecule has 0 rings (SSSR count). The minimum atomic E-state index is -0.750. The average molecular weight is 229 g/mol. The van der Waals surface area contributed by atoms with Crippen LogP contribution in [0.4, 0.5) is 0 Å². The first-order chi connectivity index (χ1) is 7.52. The zero-order chi connectivity index (χ0) is 12.6. The summed E-state index contributed by atoms with van der Waals surface area (Å²) < 4.78 is 4.99. The largest absolute Gasteiger partial charge is 0.458 e. The molecule has 0 unspecified atom stereocenters. The van der Waals surface area contributed by atoms with Crippen LogP contribution in [0.1, 0.15) is 39.5 Å². The predicted molar refractivity (Wildman–Crippen MR) is 63.0 cm³/mol. The highest BCUT2D eigenvalue weighted by atomic mass is 16.5. The van der Waals surface area contributed by atoms with Crippen LogP contribution in [0, 0.1) is 5.92 Å². The Hall–Kier alpha value is -1.06. The smallest absolute Gasteiger partial charge is 0.397 e. The second-order valence-corrected chi connectivity index (χ2v) is 4.21. The van der Waals surface area contributed by atoms with Crippen molar-refractivity contribution in [1.29, 1.82) is 0 Å². The van der Waals surface area contributed by atoms with E-state index in [0.29, 0.717) is 12.5 Å². The van der Waals surface area contributed by atoms with Gasteiger partial charge in [-0.05, 0) is 12.3 Å². The highest BCUT2D eigenvalue weighted by Gasteiger charge is 2.18. The van der Waals surface area contributed by atoms with E-state index >= 15 is 0 Å². The maximum absolute atomic E-state index is 11.3. The van der Waals surface area contributed by atoms with Gasteiger partial charge in [-0.2, -0.15) is 0 Å². The second-order valence-electron chi connectivity index (χ2n) is 4.21. The highest BCUT2D eigenvalue weighted by molar-refractivity contribution is 6.32. The van der Waals surface area contributed by atoms with E-state index in [1.54, 1.807) is 0 Å². The first kappa shape index (κ1) is 14.9. The molecule has 0 bridgehead atoms. The van der Waals surface area contributed by atoms with E-state index < -0.39 is 11.9 Å². The van der Waals surface area contributed by atoms with Crippen molar-refractivity contribution in [1.82, 2.24) is 4.90 Å². The topological polar surface area (TPSA) is 46.6 Å².